The maximum absolute atomic E-state index is 12.6. The number of benzene rings is 1. The third kappa shape index (κ3) is 3.81. The van der Waals surface area contributed by atoms with Crippen LogP contribution in [0.2, 0.25) is 0 Å². The average molecular weight is 365 g/mol. The van der Waals surface area contributed by atoms with Crippen LogP contribution < -0.4 is 10.6 Å². The minimum Gasteiger partial charge on any atom is -0.340 e. The summed E-state index contributed by atoms with van der Waals surface area (Å²) in [6, 6.07) is 7.27. The van der Waals surface area contributed by atoms with Crippen molar-refractivity contribution in [2.24, 2.45) is 0 Å². The highest BCUT2D eigenvalue weighted by molar-refractivity contribution is 7.91. The van der Waals surface area contributed by atoms with Gasteiger partial charge in [0.15, 0.2) is 9.84 Å². The van der Waals surface area contributed by atoms with Crippen LogP contribution in [0.3, 0.4) is 0 Å². The van der Waals surface area contributed by atoms with Crippen molar-refractivity contribution in [3.8, 4) is 0 Å². The van der Waals surface area contributed by atoms with Crippen LogP contribution in [0.15, 0.2) is 30.3 Å². The molecule has 2 N–H and O–H groups in total. The Morgan fingerprint density at radius 2 is 1.84 bits per heavy atom. The topological polar surface area (TPSA) is 113 Å². The maximum Gasteiger partial charge on any atom is 0.322 e. The Morgan fingerprint density at radius 1 is 1.12 bits per heavy atom. The van der Waals surface area contributed by atoms with Gasteiger partial charge in [0, 0.05) is 13.1 Å². The summed E-state index contributed by atoms with van der Waals surface area (Å²) >= 11 is 0. The van der Waals surface area contributed by atoms with Crippen molar-refractivity contribution in [1.29, 1.82) is 0 Å². The van der Waals surface area contributed by atoms with Crippen molar-refractivity contribution in [2.75, 3.05) is 18.8 Å². The van der Waals surface area contributed by atoms with E-state index in [0.29, 0.717) is 5.56 Å². The second kappa shape index (κ2) is 6.83. The van der Waals surface area contributed by atoms with Gasteiger partial charge in [-0.25, -0.2) is 13.2 Å². The molecule has 0 spiro atoms. The summed E-state index contributed by atoms with van der Waals surface area (Å²) in [7, 11) is -3.39. The van der Waals surface area contributed by atoms with Crippen molar-refractivity contribution >= 4 is 27.7 Å². The first-order valence-corrected chi connectivity index (χ1v) is 9.74. The predicted octanol–water partition coefficient (Wildman–Crippen LogP) is -0.0271. The summed E-state index contributed by atoms with van der Waals surface area (Å²) in [6.07, 6.45) is 0.140. The molecule has 1 aromatic carbocycles. The molecular formula is C16H19N3O5S. The van der Waals surface area contributed by atoms with Crippen LogP contribution in [0.25, 0.3) is 0 Å². The molecule has 0 aliphatic carbocycles. The number of sulfone groups is 1. The summed E-state index contributed by atoms with van der Waals surface area (Å²) < 4.78 is 25.2. The molecule has 2 fully saturated rings. The lowest BCUT2D eigenvalue weighted by molar-refractivity contribution is -0.136. The highest BCUT2D eigenvalue weighted by Crippen LogP contribution is 2.29. The van der Waals surface area contributed by atoms with Gasteiger partial charge in [0.25, 0.3) is 0 Å². The predicted molar refractivity (Wildman–Crippen MR) is 89.2 cm³/mol. The van der Waals surface area contributed by atoms with E-state index in [1.54, 1.807) is 24.3 Å². The molecule has 2 aliphatic heterocycles. The Kier molecular flexibility index (Phi) is 4.76. The van der Waals surface area contributed by atoms with Gasteiger partial charge in [0.2, 0.25) is 11.8 Å². The maximum atomic E-state index is 12.6. The Hall–Kier alpha value is -2.42. The number of carbonyl (C=O) groups is 3. The zero-order valence-electron chi connectivity index (χ0n) is 13.5. The lowest BCUT2D eigenvalue weighted by Gasteiger charge is -2.28. The van der Waals surface area contributed by atoms with Gasteiger partial charge in [-0.05, 0) is 12.0 Å². The third-order valence-electron chi connectivity index (χ3n) is 4.47. The molecule has 4 amide bonds. The molecule has 2 saturated heterocycles. The standard InChI is InChI=1S/C16H19N3O5S/c20-14-10-12(17-16(22)18-14)15(21)19-7-6-13(25(23,24)9-8-19)11-4-2-1-3-5-11/h1-5,12-13H,6-10H2,(H2,17,18,20,22). The summed E-state index contributed by atoms with van der Waals surface area (Å²) in [4.78, 5) is 36.8. The van der Waals surface area contributed by atoms with Crippen molar-refractivity contribution in [1.82, 2.24) is 15.5 Å². The van der Waals surface area contributed by atoms with E-state index >= 15 is 0 Å². The number of urea groups is 1. The Balaban J connectivity index is 1.75. The second-order valence-electron chi connectivity index (χ2n) is 6.16. The molecule has 0 bridgehead atoms. The number of hydrogen-bond donors (Lipinski definition) is 2. The highest BCUT2D eigenvalue weighted by Gasteiger charge is 2.36. The lowest BCUT2D eigenvalue weighted by Crippen LogP contribution is -2.58. The molecule has 2 aliphatic rings. The zero-order chi connectivity index (χ0) is 18.0. The number of imide groups is 1. The number of hydrogen-bond acceptors (Lipinski definition) is 5. The Morgan fingerprint density at radius 3 is 2.52 bits per heavy atom. The summed E-state index contributed by atoms with van der Waals surface area (Å²) in [5.74, 6) is -1.09. The fraction of sp³-hybridized carbons (Fsp3) is 0.438. The molecule has 9 heteroatoms. The van der Waals surface area contributed by atoms with E-state index in [1.807, 2.05) is 6.07 Å². The third-order valence-corrected chi connectivity index (χ3v) is 6.60. The van der Waals surface area contributed by atoms with E-state index in [1.165, 1.54) is 4.90 Å². The van der Waals surface area contributed by atoms with Crippen LogP contribution in [0.5, 0.6) is 0 Å². The van der Waals surface area contributed by atoms with Gasteiger partial charge in [-0.15, -0.1) is 0 Å². The van der Waals surface area contributed by atoms with Gasteiger partial charge < -0.3 is 10.2 Å². The normalized spacial score (nSPS) is 26.3. The first-order valence-electron chi connectivity index (χ1n) is 8.02. The van der Waals surface area contributed by atoms with Crippen molar-refractivity contribution in [2.45, 2.75) is 24.1 Å². The van der Waals surface area contributed by atoms with Gasteiger partial charge >= 0.3 is 6.03 Å². The van der Waals surface area contributed by atoms with Crippen LogP contribution in [-0.4, -0.2) is 56.0 Å². The molecule has 2 unspecified atom stereocenters. The van der Waals surface area contributed by atoms with E-state index in [9.17, 15) is 22.8 Å². The number of carbonyl (C=O) groups excluding carboxylic acids is 3. The first-order chi connectivity index (χ1) is 11.9. The Labute approximate surface area is 145 Å². The van der Waals surface area contributed by atoms with E-state index in [-0.39, 0.29) is 31.7 Å². The molecule has 2 heterocycles. The molecule has 0 saturated carbocycles. The molecule has 134 valence electrons. The van der Waals surface area contributed by atoms with Crippen LogP contribution in [0.1, 0.15) is 23.7 Å². The fourth-order valence-electron chi connectivity index (χ4n) is 3.18. The smallest absolute Gasteiger partial charge is 0.322 e. The molecule has 8 nitrogen and oxygen atoms in total. The molecule has 3 rings (SSSR count). The molecular weight excluding hydrogens is 346 g/mol. The van der Waals surface area contributed by atoms with E-state index < -0.39 is 39.0 Å². The van der Waals surface area contributed by atoms with Crippen LogP contribution in [-0.2, 0) is 19.4 Å². The Bertz CT molecular complexity index is 777. The van der Waals surface area contributed by atoms with Gasteiger partial charge in [0.05, 0.1) is 17.4 Å². The van der Waals surface area contributed by atoms with E-state index in [2.05, 4.69) is 10.6 Å². The van der Waals surface area contributed by atoms with Gasteiger partial charge in [-0.2, -0.15) is 0 Å². The second-order valence-corrected chi connectivity index (χ2v) is 8.46. The summed E-state index contributed by atoms with van der Waals surface area (Å²) in [5.41, 5.74) is 0.710. The number of nitrogens with one attached hydrogen (secondary N) is 2. The van der Waals surface area contributed by atoms with E-state index in [4.69, 9.17) is 0 Å². The quantitative estimate of drug-likeness (QED) is 0.764. The largest absolute Gasteiger partial charge is 0.340 e. The molecule has 0 aromatic heterocycles. The van der Waals surface area contributed by atoms with E-state index in [0.717, 1.165) is 0 Å². The minimum absolute atomic E-state index is 0.0541. The molecule has 25 heavy (non-hydrogen) atoms. The van der Waals surface area contributed by atoms with Gasteiger partial charge in [0.1, 0.15) is 6.04 Å². The van der Waals surface area contributed by atoms with Crippen molar-refractivity contribution in [3.05, 3.63) is 35.9 Å². The summed E-state index contributed by atoms with van der Waals surface area (Å²) in [6.45, 7) is 0.310. The monoisotopic (exact) mass is 365 g/mol. The van der Waals surface area contributed by atoms with Crippen LogP contribution >= 0.6 is 0 Å². The fourth-order valence-corrected chi connectivity index (χ4v) is 4.98. The molecule has 2 atom stereocenters. The first kappa shape index (κ1) is 17.4. The summed E-state index contributed by atoms with van der Waals surface area (Å²) in [5, 5.41) is 3.83. The number of amides is 4. The van der Waals surface area contributed by atoms with Crippen LogP contribution in [0, 0.1) is 0 Å². The highest BCUT2D eigenvalue weighted by atomic mass is 32.2. The zero-order valence-corrected chi connectivity index (χ0v) is 14.3. The molecule has 0 radical (unpaired) electrons. The lowest BCUT2D eigenvalue weighted by atomic mass is 10.1. The SMILES string of the molecule is O=C1CC(C(=O)N2CCC(c3ccccc3)S(=O)(=O)CC2)NC(=O)N1. The average Bonchev–Trinajstić information content (AvgIpc) is 2.72. The molecule has 1 aromatic rings. The van der Waals surface area contributed by atoms with Crippen LogP contribution in [0.4, 0.5) is 4.79 Å². The van der Waals surface area contributed by atoms with Gasteiger partial charge in [-0.1, -0.05) is 30.3 Å². The van der Waals surface area contributed by atoms with Crippen molar-refractivity contribution in [3.63, 3.8) is 0 Å². The minimum atomic E-state index is -3.39. The van der Waals surface area contributed by atoms with Gasteiger partial charge in [-0.3, -0.25) is 14.9 Å². The van der Waals surface area contributed by atoms with Crippen molar-refractivity contribution < 1.29 is 22.8 Å². The number of rotatable bonds is 2. The number of nitrogens with zero attached hydrogens (tertiary/aromatic N) is 1.